The van der Waals surface area contributed by atoms with Gasteiger partial charge in [0.05, 0.1) is 10.7 Å². The van der Waals surface area contributed by atoms with Crippen LogP contribution in [0.3, 0.4) is 0 Å². The molecular formula is C17H19IN2S. The van der Waals surface area contributed by atoms with Gasteiger partial charge >= 0.3 is 0 Å². The topological polar surface area (TPSA) is 7.12 Å². The Labute approximate surface area is 147 Å². The van der Waals surface area contributed by atoms with Crippen molar-refractivity contribution >= 4 is 23.5 Å². The number of aromatic nitrogens is 1. The number of aryl methyl sites for hydroxylation is 2. The number of fused-ring (bicyclic) bond motifs is 1. The molecule has 3 rings (SSSR count). The van der Waals surface area contributed by atoms with E-state index in [1.54, 1.807) is 0 Å². The van der Waals surface area contributed by atoms with Crippen LogP contribution in [0.2, 0.25) is 0 Å². The highest BCUT2D eigenvalue weighted by atomic mass is 127. The van der Waals surface area contributed by atoms with E-state index < -0.39 is 0 Å². The second-order valence-electron chi connectivity index (χ2n) is 5.04. The molecule has 0 saturated heterocycles. The minimum atomic E-state index is 0. The number of pyridine rings is 1. The van der Waals surface area contributed by atoms with E-state index in [4.69, 9.17) is 0 Å². The van der Waals surface area contributed by atoms with Crippen molar-refractivity contribution in [1.29, 1.82) is 0 Å². The normalized spacial score (nSPS) is 15.0. The molecule has 0 radical (unpaired) electrons. The Morgan fingerprint density at radius 2 is 2.05 bits per heavy atom. The van der Waals surface area contributed by atoms with E-state index in [-0.39, 0.29) is 24.0 Å². The third-order valence-electron chi connectivity index (χ3n) is 3.57. The maximum atomic E-state index is 2.39. The van der Waals surface area contributed by atoms with Gasteiger partial charge in [-0.15, -0.1) is 0 Å². The number of benzene rings is 1. The van der Waals surface area contributed by atoms with Gasteiger partial charge in [-0.3, -0.25) is 0 Å². The number of anilines is 1. The van der Waals surface area contributed by atoms with Gasteiger partial charge < -0.3 is 28.9 Å². The number of nitrogens with zero attached hydrogens (tertiary/aromatic N) is 2. The predicted octanol–water partition coefficient (Wildman–Crippen LogP) is 0.754. The van der Waals surface area contributed by atoms with Crippen molar-refractivity contribution in [3.63, 3.8) is 0 Å². The molecule has 1 aliphatic heterocycles. The van der Waals surface area contributed by atoms with Crippen LogP contribution in [0.5, 0.6) is 0 Å². The van der Waals surface area contributed by atoms with Crippen molar-refractivity contribution in [2.24, 2.45) is 7.05 Å². The van der Waals surface area contributed by atoms with Gasteiger partial charge in [-0.1, -0.05) is 17.8 Å². The summed E-state index contributed by atoms with van der Waals surface area (Å²) >= 11 is 1.85. The molecule has 0 saturated carbocycles. The highest BCUT2D eigenvalue weighted by Crippen LogP contribution is 2.46. The van der Waals surface area contributed by atoms with E-state index in [2.05, 4.69) is 79.0 Å². The molecule has 0 amide bonds. The van der Waals surface area contributed by atoms with Crippen molar-refractivity contribution in [1.82, 2.24) is 0 Å². The summed E-state index contributed by atoms with van der Waals surface area (Å²) in [7, 11) is 2.08. The molecule has 0 aliphatic carbocycles. The first-order valence-electron chi connectivity index (χ1n) is 6.91. The largest absolute Gasteiger partial charge is 1.00 e. The van der Waals surface area contributed by atoms with Crippen LogP contribution in [0.25, 0.3) is 6.08 Å². The SMILES string of the molecule is CCN1/C(=C/c2cccc[n+]2C)Sc2ccc(C)cc21.[I-]. The molecule has 0 spiro atoms. The monoisotopic (exact) mass is 410 g/mol. The first kappa shape index (κ1) is 16.4. The zero-order valence-electron chi connectivity index (χ0n) is 12.5. The summed E-state index contributed by atoms with van der Waals surface area (Å²) in [6, 6.07) is 13.0. The quantitative estimate of drug-likeness (QED) is 0.533. The van der Waals surface area contributed by atoms with E-state index in [0.29, 0.717) is 0 Å². The maximum absolute atomic E-state index is 2.39. The van der Waals surface area contributed by atoms with Crippen molar-refractivity contribution < 1.29 is 28.5 Å². The molecule has 2 aromatic rings. The van der Waals surface area contributed by atoms with Crippen LogP contribution in [0.15, 0.2) is 52.5 Å². The summed E-state index contributed by atoms with van der Waals surface area (Å²) in [4.78, 5) is 3.74. The van der Waals surface area contributed by atoms with Crippen LogP contribution in [0.4, 0.5) is 5.69 Å². The third kappa shape index (κ3) is 3.26. The lowest BCUT2D eigenvalue weighted by Crippen LogP contribution is -3.00. The van der Waals surface area contributed by atoms with Crippen LogP contribution in [0, 0.1) is 6.92 Å². The smallest absolute Gasteiger partial charge is 0.207 e. The van der Waals surface area contributed by atoms with E-state index in [1.165, 1.54) is 26.9 Å². The fourth-order valence-electron chi connectivity index (χ4n) is 2.46. The lowest BCUT2D eigenvalue weighted by Gasteiger charge is -2.17. The molecule has 0 atom stereocenters. The minimum Gasteiger partial charge on any atom is -1.00 e. The zero-order chi connectivity index (χ0) is 14.1. The zero-order valence-corrected chi connectivity index (χ0v) is 15.5. The lowest BCUT2D eigenvalue weighted by molar-refractivity contribution is -0.673. The van der Waals surface area contributed by atoms with Crippen LogP contribution in [-0.2, 0) is 7.05 Å². The molecule has 0 fully saturated rings. The number of rotatable bonds is 2. The Bertz CT molecular complexity index is 682. The fourth-order valence-corrected chi connectivity index (χ4v) is 3.61. The number of hydrogen-bond donors (Lipinski definition) is 0. The summed E-state index contributed by atoms with van der Waals surface area (Å²) in [6.07, 6.45) is 4.35. The van der Waals surface area contributed by atoms with Gasteiger partial charge in [-0.05, 0) is 37.6 Å². The molecule has 1 aromatic heterocycles. The summed E-state index contributed by atoms with van der Waals surface area (Å²) in [5.74, 6) is 0. The summed E-state index contributed by atoms with van der Waals surface area (Å²) in [5.41, 5.74) is 3.87. The van der Waals surface area contributed by atoms with Gasteiger partial charge in [0.25, 0.3) is 0 Å². The molecule has 21 heavy (non-hydrogen) atoms. The second kappa shape index (κ2) is 6.83. The summed E-state index contributed by atoms with van der Waals surface area (Å²) in [6.45, 7) is 5.35. The average molecular weight is 410 g/mol. The van der Waals surface area contributed by atoms with Crippen molar-refractivity contribution in [3.8, 4) is 0 Å². The molecule has 2 heterocycles. The highest BCUT2D eigenvalue weighted by molar-refractivity contribution is 8.03. The standard InChI is InChI=1S/C17H19N2S.HI/c1-4-19-15-11-13(2)8-9-16(15)20-17(19)12-14-7-5-6-10-18(14)3;/h5-12H,4H2,1-3H3;1H/q+1;/p-1. The van der Waals surface area contributed by atoms with Crippen LogP contribution < -0.4 is 33.4 Å². The lowest BCUT2D eigenvalue weighted by atomic mass is 10.2. The van der Waals surface area contributed by atoms with E-state index in [0.717, 1.165) is 6.54 Å². The number of hydrogen-bond acceptors (Lipinski definition) is 2. The summed E-state index contributed by atoms with van der Waals surface area (Å²) < 4.78 is 2.15. The Balaban J connectivity index is 0.00000161. The van der Waals surface area contributed by atoms with Crippen LogP contribution in [-0.4, -0.2) is 6.54 Å². The Morgan fingerprint density at radius 3 is 2.76 bits per heavy atom. The first-order chi connectivity index (χ1) is 9.69. The molecule has 0 unspecified atom stereocenters. The third-order valence-corrected chi connectivity index (χ3v) is 4.68. The van der Waals surface area contributed by atoms with Gasteiger partial charge in [-0.25, -0.2) is 4.57 Å². The minimum absolute atomic E-state index is 0. The molecule has 1 aliphatic rings. The summed E-state index contributed by atoms with van der Waals surface area (Å²) in [5, 5.41) is 1.30. The second-order valence-corrected chi connectivity index (χ2v) is 6.10. The number of halogens is 1. The first-order valence-corrected chi connectivity index (χ1v) is 7.73. The average Bonchev–Trinajstić information content (AvgIpc) is 2.78. The predicted molar refractivity (Wildman–Crippen MR) is 85.7 cm³/mol. The molecular weight excluding hydrogens is 391 g/mol. The van der Waals surface area contributed by atoms with Crippen LogP contribution in [0.1, 0.15) is 18.2 Å². The molecule has 2 nitrogen and oxygen atoms in total. The van der Waals surface area contributed by atoms with Gasteiger partial charge in [0.15, 0.2) is 6.20 Å². The molecule has 0 bridgehead atoms. The van der Waals surface area contributed by atoms with Gasteiger partial charge in [0.1, 0.15) is 7.05 Å². The highest BCUT2D eigenvalue weighted by Gasteiger charge is 2.24. The molecule has 0 N–H and O–H groups in total. The fraction of sp³-hybridized carbons (Fsp3) is 0.235. The van der Waals surface area contributed by atoms with Gasteiger partial charge in [0.2, 0.25) is 5.69 Å². The maximum Gasteiger partial charge on any atom is 0.207 e. The van der Waals surface area contributed by atoms with E-state index in [9.17, 15) is 0 Å². The van der Waals surface area contributed by atoms with E-state index >= 15 is 0 Å². The Hall–Kier alpha value is -1.01. The molecule has 4 heteroatoms. The van der Waals surface area contributed by atoms with Crippen molar-refractivity contribution in [3.05, 3.63) is 58.9 Å². The van der Waals surface area contributed by atoms with Crippen LogP contribution >= 0.6 is 11.8 Å². The van der Waals surface area contributed by atoms with Crippen molar-refractivity contribution in [2.75, 3.05) is 11.4 Å². The Kier molecular flexibility index (Phi) is 5.32. The van der Waals surface area contributed by atoms with Crippen molar-refractivity contribution in [2.45, 2.75) is 18.7 Å². The molecule has 110 valence electrons. The molecule has 1 aromatic carbocycles. The van der Waals surface area contributed by atoms with Gasteiger partial charge in [0, 0.05) is 29.6 Å². The van der Waals surface area contributed by atoms with Gasteiger partial charge in [-0.2, -0.15) is 0 Å². The Morgan fingerprint density at radius 1 is 1.24 bits per heavy atom. The van der Waals surface area contributed by atoms with E-state index in [1.807, 2.05) is 11.8 Å². The number of thioether (sulfide) groups is 1.